The van der Waals surface area contributed by atoms with Gasteiger partial charge in [-0.05, 0) is 11.6 Å². The summed E-state index contributed by atoms with van der Waals surface area (Å²) in [7, 11) is 0. The molecule has 0 saturated carbocycles. The molecule has 1 rings (SSSR count). The molecule has 0 bridgehead atoms. The molecule has 0 amide bonds. The van der Waals surface area contributed by atoms with Crippen molar-refractivity contribution in [2.45, 2.75) is 0 Å². The summed E-state index contributed by atoms with van der Waals surface area (Å²) in [6.07, 6.45) is 4.01. The second kappa shape index (κ2) is 2.92. The Balaban J connectivity index is 3.00. The molecule has 0 aliphatic rings. The fourth-order valence-electron chi connectivity index (χ4n) is 0.607. The fraction of sp³-hybridized carbons (Fsp3) is 0. The third kappa shape index (κ3) is 1.29. The highest BCUT2D eigenvalue weighted by atomic mass is 16.1. The predicted octanol–water partition coefficient (Wildman–Crippen LogP) is 1.54. The van der Waals surface area contributed by atoms with Crippen LogP contribution in [0.1, 0.15) is 16.1 Å². The van der Waals surface area contributed by atoms with Crippen LogP contribution in [0.2, 0.25) is 0 Å². The van der Waals surface area contributed by atoms with Crippen LogP contribution in [0.15, 0.2) is 24.9 Å². The molecule has 0 aromatic carbocycles. The van der Waals surface area contributed by atoms with E-state index in [9.17, 15) is 4.79 Å². The molecule has 0 spiro atoms. The molecule has 50 valence electrons. The lowest BCUT2D eigenvalue weighted by atomic mass is 10.2. The Morgan fingerprint density at radius 1 is 1.50 bits per heavy atom. The monoisotopic (exact) mass is 133 g/mol. The first-order valence-corrected chi connectivity index (χ1v) is 2.90. The number of hydrogen-bond acceptors (Lipinski definition) is 2. The number of rotatable bonds is 2. The van der Waals surface area contributed by atoms with Gasteiger partial charge >= 0.3 is 0 Å². The van der Waals surface area contributed by atoms with E-state index >= 15 is 0 Å². The van der Waals surface area contributed by atoms with E-state index in [1.54, 1.807) is 24.4 Å². The number of carbonyl (C=O) groups excluding carboxylic acids is 1. The maximum absolute atomic E-state index is 10.1. The number of aldehydes is 1. The first-order valence-electron chi connectivity index (χ1n) is 2.90. The molecule has 0 unspecified atom stereocenters. The second-order valence-electron chi connectivity index (χ2n) is 1.84. The van der Waals surface area contributed by atoms with Crippen molar-refractivity contribution in [1.82, 2.24) is 4.98 Å². The summed E-state index contributed by atoms with van der Waals surface area (Å²) in [5.41, 5.74) is 1.37. The van der Waals surface area contributed by atoms with Crippen LogP contribution in [0.4, 0.5) is 0 Å². The van der Waals surface area contributed by atoms with Gasteiger partial charge < -0.3 is 0 Å². The maximum atomic E-state index is 10.1. The van der Waals surface area contributed by atoms with Gasteiger partial charge in [0.15, 0.2) is 6.29 Å². The van der Waals surface area contributed by atoms with Crippen molar-refractivity contribution < 1.29 is 4.79 Å². The van der Waals surface area contributed by atoms with Crippen LogP contribution in [0, 0.1) is 0 Å². The molecular weight excluding hydrogens is 126 g/mol. The minimum absolute atomic E-state index is 0.450. The number of carbonyl (C=O) groups is 1. The van der Waals surface area contributed by atoms with Gasteiger partial charge in [-0.1, -0.05) is 18.7 Å². The van der Waals surface area contributed by atoms with E-state index in [2.05, 4.69) is 11.6 Å². The molecule has 1 aromatic heterocycles. The molecule has 1 aromatic rings. The molecule has 1 heterocycles. The van der Waals surface area contributed by atoms with Crippen molar-refractivity contribution >= 4 is 12.4 Å². The van der Waals surface area contributed by atoms with Crippen LogP contribution in [-0.2, 0) is 0 Å². The number of hydrogen-bond donors (Lipinski definition) is 0. The van der Waals surface area contributed by atoms with Gasteiger partial charge in [-0.25, -0.2) is 0 Å². The van der Waals surface area contributed by atoms with Crippen LogP contribution in [0.5, 0.6) is 0 Å². The minimum atomic E-state index is 0.450. The first kappa shape index (κ1) is 6.68. The maximum Gasteiger partial charge on any atom is 0.168 e. The third-order valence-corrected chi connectivity index (χ3v) is 1.17. The molecule has 10 heavy (non-hydrogen) atoms. The lowest BCUT2D eigenvalue weighted by Crippen LogP contribution is -1.84. The smallest absolute Gasteiger partial charge is 0.168 e. The molecule has 2 heteroatoms. The summed E-state index contributed by atoms with van der Waals surface area (Å²) in [5.74, 6) is 0. The first-order chi connectivity index (χ1) is 4.86. The average Bonchev–Trinajstić information content (AvgIpc) is 2.05. The van der Waals surface area contributed by atoms with Gasteiger partial charge in [0.2, 0.25) is 0 Å². The summed E-state index contributed by atoms with van der Waals surface area (Å²) < 4.78 is 0. The lowest BCUT2D eigenvalue weighted by Gasteiger charge is -1.90. The van der Waals surface area contributed by atoms with Crippen LogP contribution in [-0.4, -0.2) is 11.3 Å². The highest BCUT2D eigenvalue weighted by molar-refractivity contribution is 5.71. The second-order valence-corrected chi connectivity index (χ2v) is 1.84. The van der Waals surface area contributed by atoms with E-state index in [4.69, 9.17) is 0 Å². The summed E-state index contributed by atoms with van der Waals surface area (Å²) in [4.78, 5) is 13.9. The van der Waals surface area contributed by atoms with Crippen molar-refractivity contribution in [3.8, 4) is 0 Å². The Morgan fingerprint density at radius 3 is 2.70 bits per heavy atom. The molecule has 0 N–H and O–H groups in total. The van der Waals surface area contributed by atoms with E-state index in [-0.39, 0.29) is 0 Å². The van der Waals surface area contributed by atoms with E-state index < -0.39 is 0 Å². The third-order valence-electron chi connectivity index (χ3n) is 1.17. The summed E-state index contributed by atoms with van der Waals surface area (Å²) >= 11 is 0. The number of nitrogens with zero attached hydrogens (tertiary/aromatic N) is 1. The molecule has 0 aliphatic carbocycles. The van der Waals surface area contributed by atoms with Gasteiger partial charge in [0.25, 0.3) is 0 Å². The SMILES string of the molecule is C=Cc1ccc(C=O)nc1. The molecule has 0 aliphatic heterocycles. The van der Waals surface area contributed by atoms with Crippen molar-refractivity contribution in [1.29, 1.82) is 0 Å². The van der Waals surface area contributed by atoms with Gasteiger partial charge in [0.1, 0.15) is 5.69 Å². The standard InChI is InChI=1S/C8H7NO/c1-2-7-3-4-8(6-10)9-5-7/h2-6H,1H2. The van der Waals surface area contributed by atoms with Crippen molar-refractivity contribution in [3.63, 3.8) is 0 Å². The van der Waals surface area contributed by atoms with Crippen molar-refractivity contribution in [2.75, 3.05) is 0 Å². The topological polar surface area (TPSA) is 30.0 Å². The normalized spacial score (nSPS) is 8.80. The van der Waals surface area contributed by atoms with Crippen LogP contribution >= 0.6 is 0 Å². The zero-order valence-electron chi connectivity index (χ0n) is 5.45. The summed E-state index contributed by atoms with van der Waals surface area (Å²) in [5, 5.41) is 0. The number of pyridine rings is 1. The molecule has 2 nitrogen and oxygen atoms in total. The van der Waals surface area contributed by atoms with E-state index in [0.717, 1.165) is 5.56 Å². The highest BCUT2D eigenvalue weighted by Crippen LogP contribution is 1.98. The Labute approximate surface area is 59.2 Å². The van der Waals surface area contributed by atoms with E-state index in [0.29, 0.717) is 12.0 Å². The van der Waals surface area contributed by atoms with Crippen molar-refractivity contribution in [2.24, 2.45) is 0 Å². The van der Waals surface area contributed by atoms with Crippen molar-refractivity contribution in [3.05, 3.63) is 36.2 Å². The Hall–Kier alpha value is -1.44. The molecule has 0 radical (unpaired) electrons. The molecule has 0 saturated heterocycles. The van der Waals surface area contributed by atoms with Gasteiger partial charge in [-0.2, -0.15) is 0 Å². The summed E-state index contributed by atoms with van der Waals surface area (Å²) in [6.45, 7) is 3.56. The molecule has 0 fully saturated rings. The Morgan fingerprint density at radius 2 is 2.30 bits per heavy atom. The highest BCUT2D eigenvalue weighted by Gasteiger charge is 1.88. The van der Waals surface area contributed by atoms with E-state index in [1.807, 2.05) is 0 Å². The quantitative estimate of drug-likeness (QED) is 0.573. The Kier molecular flexibility index (Phi) is 1.95. The fourth-order valence-corrected chi connectivity index (χ4v) is 0.607. The average molecular weight is 133 g/mol. The largest absolute Gasteiger partial charge is 0.296 e. The minimum Gasteiger partial charge on any atom is -0.296 e. The van der Waals surface area contributed by atoms with Gasteiger partial charge in [-0.15, -0.1) is 0 Å². The van der Waals surface area contributed by atoms with Gasteiger partial charge in [0.05, 0.1) is 0 Å². The van der Waals surface area contributed by atoms with Crippen LogP contribution < -0.4 is 0 Å². The zero-order valence-corrected chi connectivity index (χ0v) is 5.45. The summed E-state index contributed by atoms with van der Waals surface area (Å²) in [6, 6.07) is 3.45. The number of aromatic nitrogens is 1. The zero-order chi connectivity index (χ0) is 7.40. The van der Waals surface area contributed by atoms with Gasteiger partial charge in [-0.3, -0.25) is 9.78 Å². The predicted molar refractivity (Wildman–Crippen MR) is 39.7 cm³/mol. The lowest BCUT2D eigenvalue weighted by molar-refractivity contribution is 0.111. The van der Waals surface area contributed by atoms with E-state index in [1.165, 1.54) is 0 Å². The Bertz CT molecular complexity index is 211. The molecule has 0 atom stereocenters. The van der Waals surface area contributed by atoms with Crippen LogP contribution in [0.25, 0.3) is 6.08 Å². The molecular formula is C8H7NO. The van der Waals surface area contributed by atoms with Gasteiger partial charge in [0, 0.05) is 6.20 Å². The van der Waals surface area contributed by atoms with Crippen LogP contribution in [0.3, 0.4) is 0 Å².